The van der Waals surface area contributed by atoms with Crippen molar-refractivity contribution in [2.75, 3.05) is 37.6 Å². The Kier molecular flexibility index (Phi) is 4.48. The molecule has 21 heavy (non-hydrogen) atoms. The molecule has 0 amide bonds. The van der Waals surface area contributed by atoms with Crippen molar-refractivity contribution in [3.63, 3.8) is 0 Å². The van der Waals surface area contributed by atoms with Gasteiger partial charge in [0, 0.05) is 50.3 Å². The van der Waals surface area contributed by atoms with Crippen LogP contribution in [0.4, 0.5) is 9.52 Å². The van der Waals surface area contributed by atoms with Gasteiger partial charge in [-0.1, -0.05) is 12.1 Å². The highest BCUT2D eigenvalue weighted by Crippen LogP contribution is 2.24. The number of benzene rings is 1. The maximum Gasteiger partial charge on any atom is 0.185 e. The highest BCUT2D eigenvalue weighted by Gasteiger charge is 2.25. The summed E-state index contributed by atoms with van der Waals surface area (Å²) in [7, 11) is 0. The zero-order chi connectivity index (χ0) is 14.7. The summed E-state index contributed by atoms with van der Waals surface area (Å²) in [5, 5.41) is 3.09. The molecule has 1 aliphatic rings. The zero-order valence-corrected chi connectivity index (χ0v) is 12.6. The minimum atomic E-state index is -0.205. The summed E-state index contributed by atoms with van der Waals surface area (Å²) >= 11 is 1.67. The monoisotopic (exact) mass is 306 g/mol. The maximum absolute atomic E-state index is 13.0. The molecule has 2 aromatic rings. The molecule has 3 rings (SSSR count). The molecule has 1 saturated heterocycles. The molecule has 1 atom stereocenters. The summed E-state index contributed by atoms with van der Waals surface area (Å²) in [6.07, 6.45) is 1.84. The summed E-state index contributed by atoms with van der Waals surface area (Å²) in [5.41, 5.74) is 7.03. The molecule has 1 aliphatic heterocycles. The lowest BCUT2D eigenvalue weighted by atomic mass is 10.0. The summed E-state index contributed by atoms with van der Waals surface area (Å²) in [4.78, 5) is 9.03. The average Bonchev–Trinajstić information content (AvgIpc) is 3.05. The predicted molar refractivity (Wildman–Crippen MR) is 84.1 cm³/mol. The van der Waals surface area contributed by atoms with Gasteiger partial charge in [-0.25, -0.2) is 9.37 Å². The van der Waals surface area contributed by atoms with Crippen molar-refractivity contribution in [2.45, 2.75) is 6.04 Å². The largest absolute Gasteiger partial charge is 0.346 e. The molecule has 0 aliphatic carbocycles. The normalized spacial score (nSPS) is 17.9. The molecule has 1 aromatic heterocycles. The molecule has 0 radical (unpaired) electrons. The van der Waals surface area contributed by atoms with E-state index in [-0.39, 0.29) is 11.9 Å². The van der Waals surface area contributed by atoms with E-state index in [0.717, 1.165) is 36.9 Å². The minimum Gasteiger partial charge on any atom is -0.346 e. The average molecular weight is 306 g/mol. The first-order valence-corrected chi connectivity index (χ1v) is 8.00. The first kappa shape index (κ1) is 14.4. The Balaban J connectivity index is 1.65. The van der Waals surface area contributed by atoms with Gasteiger partial charge < -0.3 is 10.6 Å². The number of nitrogens with zero attached hydrogens (tertiary/aromatic N) is 3. The van der Waals surface area contributed by atoms with E-state index in [0.29, 0.717) is 6.54 Å². The Morgan fingerprint density at radius 3 is 2.48 bits per heavy atom. The molecule has 2 N–H and O–H groups in total. The highest BCUT2D eigenvalue weighted by atomic mass is 32.1. The summed E-state index contributed by atoms with van der Waals surface area (Å²) in [6.45, 7) is 4.33. The third-order valence-electron chi connectivity index (χ3n) is 3.92. The number of anilines is 1. The van der Waals surface area contributed by atoms with Gasteiger partial charge in [-0.05, 0) is 17.7 Å². The van der Waals surface area contributed by atoms with Crippen LogP contribution in [0.15, 0.2) is 35.8 Å². The molecule has 0 spiro atoms. The fourth-order valence-corrected chi connectivity index (χ4v) is 3.47. The number of nitrogens with two attached hydrogens (primary N) is 1. The van der Waals surface area contributed by atoms with E-state index >= 15 is 0 Å². The van der Waals surface area contributed by atoms with E-state index in [2.05, 4.69) is 14.8 Å². The van der Waals surface area contributed by atoms with Crippen molar-refractivity contribution < 1.29 is 4.39 Å². The van der Waals surface area contributed by atoms with Gasteiger partial charge in [-0.2, -0.15) is 0 Å². The van der Waals surface area contributed by atoms with Crippen LogP contribution < -0.4 is 10.6 Å². The SMILES string of the molecule is NCC(c1ccc(F)cc1)N1CCN(c2nccs2)CC1. The number of hydrogen-bond acceptors (Lipinski definition) is 5. The van der Waals surface area contributed by atoms with E-state index in [1.54, 1.807) is 11.3 Å². The van der Waals surface area contributed by atoms with E-state index < -0.39 is 0 Å². The van der Waals surface area contributed by atoms with Crippen LogP contribution in [0.1, 0.15) is 11.6 Å². The summed E-state index contributed by atoms with van der Waals surface area (Å²) in [6, 6.07) is 6.83. The van der Waals surface area contributed by atoms with Crippen LogP contribution in [0.3, 0.4) is 0 Å². The topological polar surface area (TPSA) is 45.4 Å². The fraction of sp³-hybridized carbons (Fsp3) is 0.400. The lowest BCUT2D eigenvalue weighted by Crippen LogP contribution is -2.49. The van der Waals surface area contributed by atoms with Crippen molar-refractivity contribution in [2.24, 2.45) is 5.73 Å². The quantitative estimate of drug-likeness (QED) is 0.939. The van der Waals surface area contributed by atoms with Gasteiger partial charge in [0.25, 0.3) is 0 Å². The molecular weight excluding hydrogens is 287 g/mol. The van der Waals surface area contributed by atoms with Crippen LogP contribution in [0, 0.1) is 5.82 Å². The second-order valence-electron chi connectivity index (χ2n) is 5.14. The summed E-state index contributed by atoms with van der Waals surface area (Å²) < 4.78 is 13.0. The van der Waals surface area contributed by atoms with E-state index in [1.807, 2.05) is 23.7 Å². The molecule has 1 unspecified atom stereocenters. The Bertz CT molecular complexity index is 550. The van der Waals surface area contributed by atoms with E-state index in [1.165, 1.54) is 12.1 Å². The van der Waals surface area contributed by atoms with Gasteiger partial charge in [-0.3, -0.25) is 4.90 Å². The molecule has 112 valence electrons. The first-order chi connectivity index (χ1) is 10.3. The zero-order valence-electron chi connectivity index (χ0n) is 11.8. The molecule has 0 bridgehead atoms. The van der Waals surface area contributed by atoms with Gasteiger partial charge in [0.05, 0.1) is 0 Å². The first-order valence-electron chi connectivity index (χ1n) is 7.12. The molecule has 1 fully saturated rings. The maximum atomic E-state index is 13.0. The second kappa shape index (κ2) is 6.51. The summed E-state index contributed by atoms with van der Waals surface area (Å²) in [5.74, 6) is -0.205. The van der Waals surface area contributed by atoms with Crippen LogP contribution in [0.25, 0.3) is 0 Å². The van der Waals surface area contributed by atoms with Gasteiger partial charge in [0.15, 0.2) is 5.13 Å². The number of piperazine rings is 1. The van der Waals surface area contributed by atoms with Gasteiger partial charge in [-0.15, -0.1) is 11.3 Å². The van der Waals surface area contributed by atoms with E-state index in [4.69, 9.17) is 5.73 Å². The highest BCUT2D eigenvalue weighted by molar-refractivity contribution is 7.13. The molecular formula is C15H19FN4S. The van der Waals surface area contributed by atoms with Crippen LogP contribution in [-0.2, 0) is 0 Å². The molecule has 1 aromatic carbocycles. The van der Waals surface area contributed by atoms with Gasteiger partial charge in [0.2, 0.25) is 0 Å². The molecule has 2 heterocycles. The lowest BCUT2D eigenvalue weighted by molar-refractivity contribution is 0.190. The van der Waals surface area contributed by atoms with Crippen LogP contribution in [0.5, 0.6) is 0 Å². The van der Waals surface area contributed by atoms with Crippen LogP contribution >= 0.6 is 11.3 Å². The van der Waals surface area contributed by atoms with Crippen molar-refractivity contribution in [3.8, 4) is 0 Å². The van der Waals surface area contributed by atoms with E-state index in [9.17, 15) is 4.39 Å². The third-order valence-corrected chi connectivity index (χ3v) is 4.76. The Morgan fingerprint density at radius 2 is 1.90 bits per heavy atom. The van der Waals surface area contributed by atoms with Crippen molar-refractivity contribution in [3.05, 3.63) is 47.2 Å². The van der Waals surface area contributed by atoms with Gasteiger partial charge >= 0.3 is 0 Å². The van der Waals surface area contributed by atoms with Crippen LogP contribution in [0.2, 0.25) is 0 Å². The number of thiazole rings is 1. The smallest absolute Gasteiger partial charge is 0.185 e. The number of hydrogen-bond donors (Lipinski definition) is 1. The van der Waals surface area contributed by atoms with Crippen LogP contribution in [-0.4, -0.2) is 42.6 Å². The minimum absolute atomic E-state index is 0.157. The Hall–Kier alpha value is -1.50. The molecule has 6 heteroatoms. The number of aromatic nitrogens is 1. The number of rotatable bonds is 4. The van der Waals surface area contributed by atoms with Crippen molar-refractivity contribution in [1.82, 2.24) is 9.88 Å². The number of halogens is 1. The van der Waals surface area contributed by atoms with Crippen molar-refractivity contribution in [1.29, 1.82) is 0 Å². The second-order valence-corrected chi connectivity index (χ2v) is 6.01. The van der Waals surface area contributed by atoms with Crippen molar-refractivity contribution >= 4 is 16.5 Å². The lowest BCUT2D eigenvalue weighted by Gasteiger charge is -2.39. The molecule has 0 saturated carbocycles. The molecule has 4 nitrogen and oxygen atoms in total. The Labute approximate surface area is 128 Å². The standard InChI is InChI=1S/C15H19FN4S/c16-13-3-1-12(2-4-13)14(11-17)19-6-8-20(9-7-19)15-18-5-10-21-15/h1-5,10,14H,6-9,11,17H2. The fourth-order valence-electron chi connectivity index (χ4n) is 2.78. The van der Waals surface area contributed by atoms with Gasteiger partial charge in [0.1, 0.15) is 5.82 Å². The third kappa shape index (κ3) is 3.23. The Morgan fingerprint density at radius 1 is 1.19 bits per heavy atom. The predicted octanol–water partition coefficient (Wildman–Crippen LogP) is 2.10.